The number of hydrogen-bond acceptors (Lipinski definition) is 2. The van der Waals surface area contributed by atoms with E-state index in [1.165, 1.54) is 210 Å². The molecule has 2 heterocycles. The maximum absolute atomic E-state index is 6.26. The van der Waals surface area contributed by atoms with E-state index in [0.29, 0.717) is 0 Å². The number of thiophene rings is 1. The smallest absolute Gasteiger partial charge is 0.136 e. The Morgan fingerprint density at radius 2 is 0.741 bits per heavy atom. The van der Waals surface area contributed by atoms with Crippen molar-refractivity contribution in [2.24, 2.45) is 0 Å². The average Bonchev–Trinajstić information content (AvgIpc) is 4.01. The standard InChI is InChI=1S/C79H74OS/c1-5-7-9-11-13-17-43-79(44-18-14-12-10-8-6-2)73-49-63(59-31-25-56(26-32-59)55-23-21-53(3)22-24-55)37-40-67(73)68-41-38-64(50-74(68)79)60-33-27-57(28-34-60)58-29-35-61(36-30-58)65-45-54(4)46-66(47-65)62-39-42-77-71(48-62)72-51-70-69-19-15-16-20-75(69)80-76(70)52-78(72)81-77/h15-16,19-42,45-52H,5-14,17-18,43-44H2,1-4H3. The highest BCUT2D eigenvalue weighted by atomic mass is 32.1. The fourth-order valence-corrected chi connectivity index (χ4v) is 14.6. The van der Waals surface area contributed by atoms with Crippen LogP contribution in [0.4, 0.5) is 0 Å². The summed E-state index contributed by atoms with van der Waals surface area (Å²) in [5.74, 6) is 0. The van der Waals surface area contributed by atoms with Crippen LogP contribution >= 0.6 is 11.3 Å². The van der Waals surface area contributed by atoms with E-state index in [-0.39, 0.29) is 5.41 Å². The molecular formula is C79H74OS. The van der Waals surface area contributed by atoms with Gasteiger partial charge in [-0.25, -0.2) is 0 Å². The van der Waals surface area contributed by atoms with Crippen LogP contribution in [0.1, 0.15) is 126 Å². The Balaban J connectivity index is 0.782. The van der Waals surface area contributed by atoms with Gasteiger partial charge in [0.25, 0.3) is 0 Å². The van der Waals surface area contributed by atoms with Crippen molar-refractivity contribution < 1.29 is 4.42 Å². The first kappa shape index (κ1) is 52.6. The fourth-order valence-electron chi connectivity index (χ4n) is 13.5. The molecular weight excluding hydrogens is 997 g/mol. The molecule has 10 aromatic carbocycles. The van der Waals surface area contributed by atoms with E-state index in [4.69, 9.17) is 4.42 Å². The molecule has 0 bridgehead atoms. The lowest BCUT2D eigenvalue weighted by Crippen LogP contribution is -2.25. The van der Waals surface area contributed by atoms with Crippen LogP contribution in [0.2, 0.25) is 0 Å². The molecule has 0 unspecified atom stereocenters. The molecule has 12 aromatic rings. The number of benzene rings is 10. The largest absolute Gasteiger partial charge is 0.456 e. The summed E-state index contributed by atoms with van der Waals surface area (Å²) in [6.45, 7) is 9.03. The Morgan fingerprint density at radius 3 is 1.30 bits per heavy atom. The quantitative estimate of drug-likeness (QED) is 0.0693. The highest BCUT2D eigenvalue weighted by molar-refractivity contribution is 7.25. The summed E-state index contributed by atoms with van der Waals surface area (Å²) in [6.07, 6.45) is 18.1. The van der Waals surface area contributed by atoms with Gasteiger partial charge in [-0.05, 0) is 170 Å². The van der Waals surface area contributed by atoms with Gasteiger partial charge in [-0.15, -0.1) is 11.3 Å². The predicted octanol–water partition coefficient (Wildman–Crippen LogP) is 24.3. The molecule has 0 radical (unpaired) electrons. The van der Waals surface area contributed by atoms with Crippen molar-refractivity contribution in [2.45, 2.75) is 123 Å². The zero-order valence-electron chi connectivity index (χ0n) is 47.8. The molecule has 0 aliphatic heterocycles. The van der Waals surface area contributed by atoms with Crippen molar-refractivity contribution in [1.82, 2.24) is 0 Å². The van der Waals surface area contributed by atoms with Crippen LogP contribution in [0.5, 0.6) is 0 Å². The molecule has 2 heteroatoms. The highest BCUT2D eigenvalue weighted by Crippen LogP contribution is 2.56. The van der Waals surface area contributed by atoms with Crippen LogP contribution in [-0.4, -0.2) is 0 Å². The minimum Gasteiger partial charge on any atom is -0.456 e. The molecule has 13 rings (SSSR count). The summed E-state index contributed by atoms with van der Waals surface area (Å²) in [7, 11) is 0. The molecule has 1 aliphatic carbocycles. The van der Waals surface area contributed by atoms with E-state index in [9.17, 15) is 0 Å². The van der Waals surface area contributed by atoms with E-state index < -0.39 is 0 Å². The molecule has 402 valence electrons. The van der Waals surface area contributed by atoms with Crippen molar-refractivity contribution >= 4 is 53.4 Å². The number of rotatable bonds is 20. The zero-order valence-corrected chi connectivity index (χ0v) is 48.7. The maximum atomic E-state index is 6.26. The van der Waals surface area contributed by atoms with Gasteiger partial charge in [0.15, 0.2) is 0 Å². The summed E-state index contributed by atoms with van der Waals surface area (Å²) in [5, 5.41) is 4.93. The lowest BCUT2D eigenvalue weighted by Gasteiger charge is -2.33. The van der Waals surface area contributed by atoms with Gasteiger partial charge in [0.05, 0.1) is 0 Å². The lowest BCUT2D eigenvalue weighted by molar-refractivity contribution is 0.398. The van der Waals surface area contributed by atoms with Crippen LogP contribution in [0, 0.1) is 13.8 Å². The van der Waals surface area contributed by atoms with Gasteiger partial charge in [-0.3, -0.25) is 0 Å². The second-order valence-corrected chi connectivity index (χ2v) is 24.7. The van der Waals surface area contributed by atoms with E-state index in [0.717, 1.165) is 11.2 Å². The summed E-state index contributed by atoms with van der Waals surface area (Å²) in [5.41, 5.74) is 25.6. The van der Waals surface area contributed by atoms with Gasteiger partial charge in [0, 0.05) is 36.4 Å². The number of aryl methyl sites for hydroxylation is 2. The minimum atomic E-state index is -0.0233. The topological polar surface area (TPSA) is 13.1 Å². The summed E-state index contributed by atoms with van der Waals surface area (Å²) in [6, 6.07) is 78.6. The number of fused-ring (bicyclic) bond motifs is 9. The van der Waals surface area contributed by atoms with Crippen molar-refractivity contribution in [2.75, 3.05) is 0 Å². The van der Waals surface area contributed by atoms with Gasteiger partial charge >= 0.3 is 0 Å². The van der Waals surface area contributed by atoms with E-state index in [1.807, 2.05) is 17.4 Å². The molecule has 0 fully saturated rings. The van der Waals surface area contributed by atoms with Crippen LogP contribution < -0.4 is 0 Å². The fraction of sp³-hybridized carbons (Fsp3) is 0.241. The normalized spacial score (nSPS) is 12.7. The summed E-state index contributed by atoms with van der Waals surface area (Å²) < 4.78 is 8.82. The number of hydrogen-bond donors (Lipinski definition) is 0. The molecule has 0 spiro atoms. The highest BCUT2D eigenvalue weighted by Gasteiger charge is 2.42. The molecule has 2 aromatic heterocycles. The first-order valence-electron chi connectivity index (χ1n) is 30.4. The molecule has 1 nitrogen and oxygen atoms in total. The van der Waals surface area contributed by atoms with Gasteiger partial charge in [0.1, 0.15) is 11.2 Å². The Labute approximate surface area is 484 Å². The third kappa shape index (κ3) is 10.5. The second-order valence-electron chi connectivity index (χ2n) is 23.6. The third-order valence-electron chi connectivity index (χ3n) is 18.0. The molecule has 1 aliphatic rings. The Morgan fingerprint density at radius 1 is 0.309 bits per heavy atom. The minimum absolute atomic E-state index is 0.0233. The first-order valence-corrected chi connectivity index (χ1v) is 31.2. The summed E-state index contributed by atoms with van der Waals surface area (Å²) >= 11 is 1.84. The van der Waals surface area contributed by atoms with Crippen molar-refractivity contribution in [3.05, 3.63) is 229 Å². The Kier molecular flexibility index (Phi) is 14.9. The average molecular weight is 1070 g/mol. The van der Waals surface area contributed by atoms with E-state index in [1.54, 1.807) is 11.1 Å². The molecule has 81 heavy (non-hydrogen) atoms. The molecule has 0 N–H and O–H groups in total. The van der Waals surface area contributed by atoms with Crippen molar-refractivity contribution in [3.8, 4) is 77.9 Å². The lowest BCUT2D eigenvalue weighted by atomic mass is 9.70. The predicted molar refractivity (Wildman–Crippen MR) is 351 cm³/mol. The molecule has 0 saturated heterocycles. The first-order chi connectivity index (χ1) is 39.8. The van der Waals surface area contributed by atoms with Crippen LogP contribution in [0.3, 0.4) is 0 Å². The van der Waals surface area contributed by atoms with Crippen LogP contribution in [0.15, 0.2) is 211 Å². The van der Waals surface area contributed by atoms with Gasteiger partial charge in [-0.2, -0.15) is 0 Å². The van der Waals surface area contributed by atoms with E-state index in [2.05, 4.69) is 228 Å². The third-order valence-corrected chi connectivity index (χ3v) is 19.2. The zero-order chi connectivity index (χ0) is 54.9. The van der Waals surface area contributed by atoms with Crippen LogP contribution in [0.25, 0.3) is 120 Å². The van der Waals surface area contributed by atoms with Gasteiger partial charge < -0.3 is 4.42 Å². The van der Waals surface area contributed by atoms with E-state index >= 15 is 0 Å². The number of unbranched alkanes of at least 4 members (excludes halogenated alkanes) is 10. The monoisotopic (exact) mass is 1070 g/mol. The van der Waals surface area contributed by atoms with Gasteiger partial charge in [-0.1, -0.05) is 254 Å². The van der Waals surface area contributed by atoms with Crippen molar-refractivity contribution in [3.63, 3.8) is 0 Å². The molecule has 0 saturated carbocycles. The van der Waals surface area contributed by atoms with Crippen molar-refractivity contribution in [1.29, 1.82) is 0 Å². The number of furan rings is 1. The molecule has 0 amide bonds. The SMILES string of the molecule is CCCCCCCCC1(CCCCCCCC)c2cc(-c3ccc(-c4ccc(C)cc4)cc3)ccc2-c2ccc(-c3ccc(-c4ccc(-c5cc(C)cc(-c6ccc7sc8cc9oc%10ccccc%10c9cc8c7c6)c5)cc4)cc3)cc21. The maximum Gasteiger partial charge on any atom is 0.136 e. The second kappa shape index (κ2) is 23.0. The Hall–Kier alpha value is -7.78. The summed E-state index contributed by atoms with van der Waals surface area (Å²) in [4.78, 5) is 0. The number of para-hydroxylation sites is 1. The van der Waals surface area contributed by atoms with Gasteiger partial charge in [0.2, 0.25) is 0 Å². The van der Waals surface area contributed by atoms with Crippen LogP contribution in [-0.2, 0) is 5.41 Å². The molecule has 0 atom stereocenters. The Bertz CT molecular complexity index is 4170.